The number of nitrogens with zero attached hydrogens (tertiary/aromatic N) is 2. The van der Waals surface area contributed by atoms with Crippen molar-refractivity contribution in [2.24, 2.45) is 0 Å². The van der Waals surface area contributed by atoms with Crippen LogP contribution in [-0.4, -0.2) is 36.2 Å². The number of piperazine rings is 1. The van der Waals surface area contributed by atoms with Crippen molar-refractivity contribution in [2.75, 3.05) is 31.9 Å². The molecule has 0 amide bonds. The topological polar surface area (TPSA) is 67.3 Å². The Hall–Kier alpha value is -1.85. The first-order valence-corrected chi connectivity index (χ1v) is 6.56. The minimum atomic E-state index is 0.347. The second-order valence-electron chi connectivity index (χ2n) is 4.84. The lowest BCUT2D eigenvalue weighted by Crippen LogP contribution is -2.42. The molecule has 3 N–H and O–H groups in total. The monoisotopic (exact) mass is 258 g/mol. The van der Waals surface area contributed by atoms with Gasteiger partial charge in [-0.2, -0.15) is 0 Å². The fourth-order valence-electron chi connectivity index (χ4n) is 2.33. The molecule has 5 heteroatoms. The Labute approximate surface area is 112 Å². The van der Waals surface area contributed by atoms with Crippen LogP contribution in [0.1, 0.15) is 5.56 Å². The maximum atomic E-state index is 5.53. The van der Waals surface area contributed by atoms with E-state index in [9.17, 15) is 0 Å². The average Bonchev–Trinajstić information content (AvgIpc) is 2.87. The summed E-state index contributed by atoms with van der Waals surface area (Å²) in [4.78, 5) is 2.46. The lowest BCUT2D eigenvalue weighted by atomic mass is 10.1. The van der Waals surface area contributed by atoms with E-state index in [0.717, 1.165) is 44.0 Å². The van der Waals surface area contributed by atoms with Crippen LogP contribution in [0.15, 0.2) is 34.9 Å². The molecule has 1 fully saturated rings. The molecule has 0 unspecified atom stereocenters. The fraction of sp³-hybridized carbons (Fsp3) is 0.357. The Balaban J connectivity index is 1.68. The van der Waals surface area contributed by atoms with Gasteiger partial charge >= 0.3 is 0 Å². The molecule has 0 radical (unpaired) electrons. The highest BCUT2D eigenvalue weighted by Gasteiger charge is 2.10. The SMILES string of the molecule is Nc1cc(-c2ccc(CN3CCNCC3)cc2)no1. The summed E-state index contributed by atoms with van der Waals surface area (Å²) in [6.45, 7) is 5.39. The van der Waals surface area contributed by atoms with Gasteiger partial charge in [0.1, 0.15) is 5.69 Å². The molecule has 2 aromatic rings. The van der Waals surface area contributed by atoms with Gasteiger partial charge in [0.25, 0.3) is 0 Å². The lowest BCUT2D eigenvalue weighted by Gasteiger charge is -2.27. The third kappa shape index (κ3) is 2.94. The molecule has 1 saturated heterocycles. The number of aromatic nitrogens is 1. The smallest absolute Gasteiger partial charge is 0.222 e. The molecular weight excluding hydrogens is 240 g/mol. The second kappa shape index (κ2) is 5.42. The van der Waals surface area contributed by atoms with E-state index in [4.69, 9.17) is 10.3 Å². The van der Waals surface area contributed by atoms with Crippen LogP contribution in [0, 0.1) is 0 Å². The van der Waals surface area contributed by atoms with Gasteiger partial charge in [-0.3, -0.25) is 4.90 Å². The van der Waals surface area contributed by atoms with Crippen molar-refractivity contribution in [3.63, 3.8) is 0 Å². The van der Waals surface area contributed by atoms with Crippen LogP contribution in [0.5, 0.6) is 0 Å². The molecule has 3 rings (SSSR count). The molecule has 0 spiro atoms. The van der Waals surface area contributed by atoms with Gasteiger partial charge in [0, 0.05) is 44.4 Å². The molecule has 0 atom stereocenters. The van der Waals surface area contributed by atoms with Gasteiger partial charge < -0.3 is 15.6 Å². The Bertz CT molecular complexity index is 529. The van der Waals surface area contributed by atoms with Crippen LogP contribution in [0.3, 0.4) is 0 Å². The Morgan fingerprint density at radius 1 is 1.21 bits per heavy atom. The zero-order chi connectivity index (χ0) is 13.1. The molecule has 0 aliphatic carbocycles. The van der Waals surface area contributed by atoms with E-state index in [1.807, 2.05) is 0 Å². The summed E-state index contributed by atoms with van der Waals surface area (Å²) in [6, 6.07) is 10.2. The van der Waals surface area contributed by atoms with Gasteiger partial charge in [0.2, 0.25) is 5.88 Å². The van der Waals surface area contributed by atoms with Gasteiger partial charge in [-0.15, -0.1) is 0 Å². The number of nitrogens with two attached hydrogens (primary N) is 1. The molecule has 5 nitrogen and oxygen atoms in total. The van der Waals surface area contributed by atoms with E-state index in [2.05, 4.69) is 39.6 Å². The quantitative estimate of drug-likeness (QED) is 0.869. The standard InChI is InChI=1S/C14H18N4O/c15-14-9-13(17-19-14)12-3-1-11(2-4-12)10-18-7-5-16-6-8-18/h1-4,9,16H,5-8,10,15H2. The molecule has 1 aromatic carbocycles. The molecule has 0 bridgehead atoms. The van der Waals surface area contributed by atoms with Crippen molar-refractivity contribution in [2.45, 2.75) is 6.54 Å². The predicted molar refractivity (Wildman–Crippen MR) is 74.5 cm³/mol. The maximum absolute atomic E-state index is 5.53. The first-order valence-electron chi connectivity index (χ1n) is 6.56. The summed E-state index contributed by atoms with van der Waals surface area (Å²) in [7, 11) is 0. The van der Waals surface area contributed by atoms with E-state index < -0.39 is 0 Å². The third-order valence-corrected chi connectivity index (χ3v) is 3.39. The summed E-state index contributed by atoms with van der Waals surface area (Å²) < 4.78 is 4.88. The molecular formula is C14H18N4O. The minimum absolute atomic E-state index is 0.347. The van der Waals surface area contributed by atoms with Crippen LogP contribution < -0.4 is 11.1 Å². The number of anilines is 1. The lowest BCUT2D eigenvalue weighted by molar-refractivity contribution is 0.233. The van der Waals surface area contributed by atoms with Crippen LogP contribution >= 0.6 is 0 Å². The van der Waals surface area contributed by atoms with Gasteiger partial charge in [-0.05, 0) is 5.56 Å². The van der Waals surface area contributed by atoms with E-state index >= 15 is 0 Å². The first kappa shape index (κ1) is 12.2. The minimum Gasteiger partial charge on any atom is -0.368 e. The van der Waals surface area contributed by atoms with E-state index in [-0.39, 0.29) is 0 Å². The predicted octanol–water partition coefficient (Wildman–Crippen LogP) is 1.33. The largest absolute Gasteiger partial charge is 0.368 e. The van der Waals surface area contributed by atoms with Crippen molar-refractivity contribution in [3.05, 3.63) is 35.9 Å². The van der Waals surface area contributed by atoms with Gasteiger partial charge in [-0.25, -0.2) is 0 Å². The number of rotatable bonds is 3. The van der Waals surface area contributed by atoms with E-state index in [1.54, 1.807) is 6.07 Å². The number of hydrogen-bond acceptors (Lipinski definition) is 5. The molecule has 1 aliphatic rings. The Morgan fingerprint density at radius 2 is 1.95 bits per heavy atom. The van der Waals surface area contributed by atoms with Crippen molar-refractivity contribution >= 4 is 5.88 Å². The van der Waals surface area contributed by atoms with Crippen LogP contribution in [-0.2, 0) is 6.54 Å². The van der Waals surface area contributed by atoms with Gasteiger partial charge in [0.05, 0.1) is 0 Å². The van der Waals surface area contributed by atoms with Gasteiger partial charge in [-0.1, -0.05) is 29.4 Å². The van der Waals surface area contributed by atoms with Crippen LogP contribution in [0.2, 0.25) is 0 Å². The highest BCUT2D eigenvalue weighted by atomic mass is 16.5. The number of nitrogens with one attached hydrogen (secondary N) is 1. The first-order chi connectivity index (χ1) is 9.31. The number of hydrogen-bond donors (Lipinski definition) is 2. The Kier molecular flexibility index (Phi) is 3.48. The van der Waals surface area contributed by atoms with E-state index in [0.29, 0.717) is 5.88 Å². The Morgan fingerprint density at radius 3 is 2.58 bits per heavy atom. The highest BCUT2D eigenvalue weighted by Crippen LogP contribution is 2.20. The summed E-state index contributed by atoms with van der Waals surface area (Å²) in [5, 5.41) is 7.27. The normalized spacial score (nSPS) is 16.6. The number of nitrogen functional groups attached to an aromatic ring is 1. The summed E-state index contributed by atoms with van der Waals surface area (Å²) in [5.74, 6) is 0.347. The van der Waals surface area contributed by atoms with Crippen LogP contribution in [0.4, 0.5) is 5.88 Å². The summed E-state index contributed by atoms with van der Waals surface area (Å²) >= 11 is 0. The average molecular weight is 258 g/mol. The van der Waals surface area contributed by atoms with E-state index in [1.165, 1.54) is 5.56 Å². The summed E-state index contributed by atoms with van der Waals surface area (Å²) in [5.41, 5.74) is 8.66. The zero-order valence-corrected chi connectivity index (χ0v) is 10.8. The summed E-state index contributed by atoms with van der Waals surface area (Å²) in [6.07, 6.45) is 0. The zero-order valence-electron chi connectivity index (χ0n) is 10.8. The van der Waals surface area contributed by atoms with Crippen LogP contribution in [0.25, 0.3) is 11.3 Å². The fourth-order valence-corrected chi connectivity index (χ4v) is 2.33. The molecule has 2 heterocycles. The van der Waals surface area contributed by atoms with Crippen molar-refractivity contribution in [1.29, 1.82) is 0 Å². The van der Waals surface area contributed by atoms with Crippen molar-refractivity contribution in [1.82, 2.24) is 15.4 Å². The molecule has 1 aliphatic heterocycles. The maximum Gasteiger partial charge on any atom is 0.222 e. The van der Waals surface area contributed by atoms with Crippen molar-refractivity contribution < 1.29 is 4.52 Å². The molecule has 0 saturated carbocycles. The van der Waals surface area contributed by atoms with Crippen molar-refractivity contribution in [3.8, 4) is 11.3 Å². The molecule has 19 heavy (non-hydrogen) atoms. The second-order valence-corrected chi connectivity index (χ2v) is 4.84. The highest BCUT2D eigenvalue weighted by molar-refractivity contribution is 5.61. The molecule has 1 aromatic heterocycles. The number of benzene rings is 1. The van der Waals surface area contributed by atoms with Gasteiger partial charge in [0.15, 0.2) is 0 Å². The third-order valence-electron chi connectivity index (χ3n) is 3.39. The molecule has 100 valence electrons.